The van der Waals surface area contributed by atoms with Crippen molar-refractivity contribution in [2.75, 3.05) is 0 Å². The lowest BCUT2D eigenvalue weighted by atomic mass is 9.49. The second-order valence-electron chi connectivity index (χ2n) is 8.70. The van der Waals surface area contributed by atoms with Gasteiger partial charge in [0.15, 0.2) is 6.10 Å². The van der Waals surface area contributed by atoms with Gasteiger partial charge in [0, 0.05) is 5.56 Å². The molecule has 2 aromatic rings. The Kier molecular flexibility index (Phi) is 3.85. The van der Waals surface area contributed by atoms with Gasteiger partial charge < -0.3 is 9.15 Å². The third-order valence-electron chi connectivity index (χ3n) is 6.63. The van der Waals surface area contributed by atoms with Gasteiger partial charge in [-0.05, 0) is 87.5 Å². The fraction of sp³-hybridized carbons (Fsp3) is 0.571. The topological polar surface area (TPSA) is 65.2 Å². The Labute approximate surface area is 157 Å². The zero-order valence-electron chi connectivity index (χ0n) is 15.4. The van der Waals surface area contributed by atoms with Crippen molar-refractivity contribution in [1.82, 2.24) is 10.2 Å². The number of carbonyl (C=O) groups is 1. The zero-order valence-corrected chi connectivity index (χ0v) is 15.4. The van der Waals surface area contributed by atoms with Gasteiger partial charge in [-0.25, -0.2) is 4.39 Å². The first-order valence-electron chi connectivity index (χ1n) is 9.81. The molecule has 0 unspecified atom stereocenters. The van der Waals surface area contributed by atoms with Gasteiger partial charge in [-0.3, -0.25) is 4.79 Å². The number of halogens is 1. The molecule has 5 nitrogen and oxygen atoms in total. The molecule has 4 saturated carbocycles. The number of ether oxygens (including phenoxy) is 1. The number of hydrogen-bond acceptors (Lipinski definition) is 5. The van der Waals surface area contributed by atoms with Gasteiger partial charge in [-0.15, -0.1) is 10.2 Å². The minimum atomic E-state index is -0.591. The summed E-state index contributed by atoms with van der Waals surface area (Å²) in [5.74, 6) is 2.20. The molecule has 1 atom stereocenters. The number of benzene rings is 1. The van der Waals surface area contributed by atoms with Crippen LogP contribution in [0.25, 0.3) is 11.5 Å². The summed E-state index contributed by atoms with van der Waals surface area (Å²) < 4.78 is 24.5. The van der Waals surface area contributed by atoms with Crippen molar-refractivity contribution in [1.29, 1.82) is 0 Å². The van der Waals surface area contributed by atoms with Gasteiger partial charge in [-0.2, -0.15) is 0 Å². The molecule has 142 valence electrons. The second kappa shape index (κ2) is 6.14. The van der Waals surface area contributed by atoms with Gasteiger partial charge in [0.1, 0.15) is 5.82 Å². The van der Waals surface area contributed by atoms with E-state index < -0.39 is 6.10 Å². The summed E-state index contributed by atoms with van der Waals surface area (Å²) in [6.07, 6.45) is 6.17. The molecule has 0 aliphatic heterocycles. The van der Waals surface area contributed by atoms with E-state index in [0.29, 0.717) is 29.2 Å². The van der Waals surface area contributed by atoms with Crippen molar-refractivity contribution in [2.45, 2.75) is 51.6 Å². The number of carbonyl (C=O) groups excluding carboxylic acids is 1. The highest BCUT2D eigenvalue weighted by Gasteiger charge is 2.55. The van der Waals surface area contributed by atoms with Crippen LogP contribution in [0.1, 0.15) is 57.4 Å². The molecule has 0 radical (unpaired) electrons. The summed E-state index contributed by atoms with van der Waals surface area (Å²) in [5.41, 5.74) is 0.331. The molecule has 4 aliphatic carbocycles. The van der Waals surface area contributed by atoms with Crippen LogP contribution in [0.5, 0.6) is 0 Å². The molecule has 4 aliphatic rings. The molecule has 0 saturated heterocycles. The summed E-state index contributed by atoms with van der Waals surface area (Å²) in [5, 5.41) is 8.03. The first-order valence-corrected chi connectivity index (χ1v) is 9.81. The SMILES string of the molecule is C[C@@H](OC(=O)C12CC3CC(CC(C3)C1)C2)c1nnc(-c2ccc(F)cc2)o1. The predicted octanol–water partition coefficient (Wildman–Crippen LogP) is 4.70. The Morgan fingerprint density at radius 2 is 1.70 bits per heavy atom. The van der Waals surface area contributed by atoms with Crippen LogP contribution >= 0.6 is 0 Å². The van der Waals surface area contributed by atoms with Crippen LogP contribution in [0, 0.1) is 29.0 Å². The van der Waals surface area contributed by atoms with Crippen LogP contribution in [0.3, 0.4) is 0 Å². The number of nitrogens with zero attached hydrogens (tertiary/aromatic N) is 2. The van der Waals surface area contributed by atoms with Crippen LogP contribution in [0.4, 0.5) is 4.39 Å². The predicted molar refractivity (Wildman–Crippen MR) is 94.8 cm³/mol. The molecule has 6 heteroatoms. The lowest BCUT2D eigenvalue weighted by molar-refractivity contribution is -0.177. The highest BCUT2D eigenvalue weighted by molar-refractivity contribution is 5.77. The van der Waals surface area contributed by atoms with Gasteiger partial charge in [0.25, 0.3) is 5.89 Å². The monoisotopic (exact) mass is 370 g/mol. The molecule has 4 fully saturated rings. The molecule has 4 bridgehead atoms. The Bertz CT molecular complexity index is 825. The van der Waals surface area contributed by atoms with E-state index >= 15 is 0 Å². The molecule has 6 rings (SSSR count). The first kappa shape index (κ1) is 16.9. The Balaban J connectivity index is 1.30. The minimum Gasteiger partial charge on any atom is -0.452 e. The molecule has 0 N–H and O–H groups in total. The van der Waals surface area contributed by atoms with Crippen LogP contribution < -0.4 is 0 Å². The van der Waals surface area contributed by atoms with E-state index in [9.17, 15) is 9.18 Å². The van der Waals surface area contributed by atoms with Gasteiger partial charge >= 0.3 is 5.97 Å². The smallest absolute Gasteiger partial charge is 0.312 e. The van der Waals surface area contributed by atoms with Crippen molar-refractivity contribution in [3.05, 3.63) is 36.0 Å². The molecule has 1 heterocycles. The summed E-state index contributed by atoms with van der Waals surface area (Å²) in [6.45, 7) is 1.76. The molecule has 0 spiro atoms. The Hall–Kier alpha value is -2.24. The van der Waals surface area contributed by atoms with Gasteiger partial charge in [0.2, 0.25) is 5.89 Å². The fourth-order valence-corrected chi connectivity index (χ4v) is 5.80. The van der Waals surface area contributed by atoms with E-state index in [4.69, 9.17) is 9.15 Å². The van der Waals surface area contributed by atoms with E-state index in [0.717, 1.165) is 19.3 Å². The molecule has 0 amide bonds. The average molecular weight is 370 g/mol. The number of esters is 1. The lowest BCUT2D eigenvalue weighted by Gasteiger charge is -2.55. The normalized spacial score (nSPS) is 32.4. The quantitative estimate of drug-likeness (QED) is 0.730. The molecular formula is C21H23FN2O3. The molecule has 27 heavy (non-hydrogen) atoms. The van der Waals surface area contributed by atoms with E-state index in [1.54, 1.807) is 19.1 Å². The molecule has 1 aromatic carbocycles. The van der Waals surface area contributed by atoms with Crippen molar-refractivity contribution in [2.24, 2.45) is 23.2 Å². The third-order valence-corrected chi connectivity index (χ3v) is 6.63. The summed E-state index contributed by atoms with van der Waals surface area (Å²) in [4.78, 5) is 13.0. The highest BCUT2D eigenvalue weighted by atomic mass is 19.1. The number of aromatic nitrogens is 2. The summed E-state index contributed by atoms with van der Waals surface area (Å²) in [6, 6.07) is 5.85. The van der Waals surface area contributed by atoms with Crippen molar-refractivity contribution < 1.29 is 18.3 Å². The zero-order chi connectivity index (χ0) is 18.6. The number of rotatable bonds is 4. The fourth-order valence-electron chi connectivity index (χ4n) is 5.80. The average Bonchev–Trinajstić information content (AvgIpc) is 3.11. The van der Waals surface area contributed by atoms with Crippen molar-refractivity contribution >= 4 is 5.97 Å². The number of hydrogen-bond donors (Lipinski definition) is 0. The van der Waals surface area contributed by atoms with E-state index in [-0.39, 0.29) is 23.1 Å². The molecular weight excluding hydrogens is 347 g/mol. The Morgan fingerprint density at radius 3 is 2.30 bits per heavy atom. The minimum absolute atomic E-state index is 0.101. The van der Waals surface area contributed by atoms with Gasteiger partial charge in [0.05, 0.1) is 5.41 Å². The van der Waals surface area contributed by atoms with Gasteiger partial charge in [-0.1, -0.05) is 0 Å². The second-order valence-corrected chi connectivity index (χ2v) is 8.70. The van der Waals surface area contributed by atoms with Crippen LogP contribution in [-0.4, -0.2) is 16.2 Å². The largest absolute Gasteiger partial charge is 0.452 e. The van der Waals surface area contributed by atoms with Crippen LogP contribution in [0.15, 0.2) is 28.7 Å². The Morgan fingerprint density at radius 1 is 1.11 bits per heavy atom. The van der Waals surface area contributed by atoms with Crippen molar-refractivity contribution in [3.63, 3.8) is 0 Å². The summed E-state index contributed by atoms with van der Waals surface area (Å²) in [7, 11) is 0. The maximum Gasteiger partial charge on any atom is 0.312 e. The summed E-state index contributed by atoms with van der Waals surface area (Å²) >= 11 is 0. The maximum atomic E-state index is 13.1. The third kappa shape index (κ3) is 2.95. The van der Waals surface area contributed by atoms with E-state index in [1.165, 1.54) is 31.4 Å². The lowest BCUT2D eigenvalue weighted by Crippen LogP contribution is -2.50. The standard InChI is InChI=1S/C21H23FN2O3/c1-12(18-23-24-19(27-18)16-2-4-17(22)5-3-16)26-20(25)21-9-13-6-14(10-21)8-15(7-13)11-21/h2-5,12-15H,6-11H2,1H3/t12-,13?,14?,15?,21?/m1/s1. The van der Waals surface area contributed by atoms with E-state index in [2.05, 4.69) is 10.2 Å². The van der Waals surface area contributed by atoms with E-state index in [1.807, 2.05) is 0 Å². The first-order chi connectivity index (χ1) is 13.0. The molecule has 1 aromatic heterocycles. The van der Waals surface area contributed by atoms with Crippen LogP contribution in [0.2, 0.25) is 0 Å². The van der Waals surface area contributed by atoms with Crippen LogP contribution in [-0.2, 0) is 9.53 Å². The highest BCUT2D eigenvalue weighted by Crippen LogP contribution is 2.60. The van der Waals surface area contributed by atoms with Crippen molar-refractivity contribution in [3.8, 4) is 11.5 Å². The maximum absolute atomic E-state index is 13.1.